The molecule has 0 bridgehead atoms. The quantitative estimate of drug-likeness (QED) is 0.445. The number of hydrogen-bond donors (Lipinski definition) is 0. The molecule has 1 spiro atoms. The molecule has 3 aliphatic heterocycles. The predicted molar refractivity (Wildman–Crippen MR) is 154 cm³/mol. The molecule has 2 atom stereocenters. The second-order valence-electron chi connectivity index (χ2n) is 11.6. The number of nitrogens with zero attached hydrogens (tertiary/aromatic N) is 4. The van der Waals surface area contributed by atoms with Crippen LogP contribution in [0.5, 0.6) is 5.75 Å². The van der Waals surface area contributed by atoms with Crippen LogP contribution < -0.4 is 4.74 Å². The van der Waals surface area contributed by atoms with Crippen molar-refractivity contribution < 1.29 is 14.3 Å². The number of hydrogen-bond acceptors (Lipinski definition) is 5. The second-order valence-corrected chi connectivity index (χ2v) is 11.6. The Hall–Kier alpha value is -3.71. The Morgan fingerprint density at radius 2 is 1.70 bits per heavy atom. The maximum atomic E-state index is 13.6. The van der Waals surface area contributed by atoms with Crippen LogP contribution >= 0.6 is 0 Å². The fourth-order valence-corrected chi connectivity index (χ4v) is 6.93. The predicted octanol–water partition coefficient (Wildman–Crippen LogP) is 4.46. The number of amides is 2. The van der Waals surface area contributed by atoms with Crippen molar-refractivity contribution in [2.45, 2.75) is 31.7 Å². The fourth-order valence-electron chi connectivity index (χ4n) is 6.93. The highest BCUT2D eigenvalue weighted by Crippen LogP contribution is 2.43. The first-order valence-corrected chi connectivity index (χ1v) is 14.4. The molecule has 0 unspecified atom stereocenters. The number of benzene rings is 2. The van der Waals surface area contributed by atoms with Gasteiger partial charge in [0.15, 0.2) is 0 Å². The van der Waals surface area contributed by atoms with E-state index < -0.39 is 0 Å². The van der Waals surface area contributed by atoms with E-state index in [2.05, 4.69) is 34.1 Å². The third kappa shape index (κ3) is 5.35. The summed E-state index contributed by atoms with van der Waals surface area (Å²) in [6, 6.07) is 22.3. The molecule has 0 N–H and O–H groups in total. The number of carbonyl (C=O) groups excluding carboxylic acids is 2. The van der Waals surface area contributed by atoms with Crippen LogP contribution in [0.1, 0.15) is 46.7 Å². The summed E-state index contributed by atoms with van der Waals surface area (Å²) in [5, 5.41) is 0. The van der Waals surface area contributed by atoms with Crippen molar-refractivity contribution in [2.24, 2.45) is 11.3 Å². The highest BCUT2D eigenvalue weighted by Gasteiger charge is 2.48. The zero-order valence-electron chi connectivity index (χ0n) is 23.2. The zero-order valence-corrected chi connectivity index (χ0v) is 23.2. The molecule has 208 valence electrons. The van der Waals surface area contributed by atoms with E-state index >= 15 is 0 Å². The zero-order chi connectivity index (χ0) is 27.5. The molecule has 7 heteroatoms. The summed E-state index contributed by atoms with van der Waals surface area (Å²) in [6.45, 7) is 5.75. The summed E-state index contributed by atoms with van der Waals surface area (Å²) in [6.07, 6.45) is 6.12. The van der Waals surface area contributed by atoms with Gasteiger partial charge in [0, 0.05) is 51.0 Å². The van der Waals surface area contributed by atoms with Crippen LogP contribution in [0.2, 0.25) is 0 Å². The van der Waals surface area contributed by atoms with Crippen molar-refractivity contribution in [3.8, 4) is 5.75 Å². The van der Waals surface area contributed by atoms with Gasteiger partial charge in [0.05, 0.1) is 18.1 Å². The van der Waals surface area contributed by atoms with Crippen molar-refractivity contribution in [3.63, 3.8) is 0 Å². The van der Waals surface area contributed by atoms with Crippen LogP contribution in [0.15, 0.2) is 79.1 Å². The lowest BCUT2D eigenvalue weighted by atomic mass is 9.76. The molecule has 6 rings (SSSR count). The average Bonchev–Trinajstić information content (AvgIpc) is 3.56. The molecular weight excluding hydrogens is 500 g/mol. The number of aromatic nitrogens is 1. The largest absolute Gasteiger partial charge is 0.497 e. The number of likely N-dealkylation sites (tertiary alicyclic amines) is 3. The van der Waals surface area contributed by atoms with E-state index in [0.29, 0.717) is 29.9 Å². The molecule has 0 saturated carbocycles. The van der Waals surface area contributed by atoms with Crippen LogP contribution in [0.4, 0.5) is 0 Å². The van der Waals surface area contributed by atoms with Crippen molar-refractivity contribution >= 4 is 11.8 Å². The van der Waals surface area contributed by atoms with Gasteiger partial charge in [-0.15, -0.1) is 0 Å². The van der Waals surface area contributed by atoms with E-state index in [1.165, 1.54) is 5.56 Å². The summed E-state index contributed by atoms with van der Waals surface area (Å²) in [5.41, 5.74) is 2.86. The summed E-state index contributed by atoms with van der Waals surface area (Å²) in [7, 11) is 1.67. The second kappa shape index (κ2) is 11.4. The molecule has 7 nitrogen and oxygen atoms in total. The van der Waals surface area contributed by atoms with E-state index in [4.69, 9.17) is 4.74 Å². The number of ether oxygens (including phenoxy) is 1. The monoisotopic (exact) mass is 538 g/mol. The molecule has 3 aromatic rings. The third-order valence-corrected chi connectivity index (χ3v) is 9.30. The van der Waals surface area contributed by atoms with Crippen LogP contribution in [0.25, 0.3) is 0 Å². The topological polar surface area (TPSA) is 66.0 Å². The number of rotatable bonds is 7. The molecule has 1 aromatic heterocycles. The first-order valence-electron chi connectivity index (χ1n) is 14.4. The summed E-state index contributed by atoms with van der Waals surface area (Å²) in [4.78, 5) is 37.6. The normalized spacial score (nSPS) is 22.7. The van der Waals surface area contributed by atoms with E-state index in [0.717, 1.165) is 69.8 Å². The lowest BCUT2D eigenvalue weighted by Crippen LogP contribution is -2.46. The lowest BCUT2D eigenvalue weighted by molar-refractivity contribution is -0.139. The fraction of sp³-hybridized carbons (Fsp3) is 0.424. The molecule has 2 amide bonds. The summed E-state index contributed by atoms with van der Waals surface area (Å²) >= 11 is 0. The van der Waals surface area contributed by atoms with Crippen molar-refractivity contribution in [2.75, 3.05) is 46.4 Å². The molecule has 3 fully saturated rings. The lowest BCUT2D eigenvalue weighted by Gasteiger charge is -2.39. The van der Waals surface area contributed by atoms with E-state index in [9.17, 15) is 9.59 Å². The highest BCUT2D eigenvalue weighted by atomic mass is 16.5. The average molecular weight is 539 g/mol. The molecular formula is C33H38N4O3. The third-order valence-electron chi connectivity index (χ3n) is 9.30. The number of carbonyl (C=O) groups is 2. The van der Waals surface area contributed by atoms with Crippen molar-refractivity contribution in [1.29, 1.82) is 0 Å². The van der Waals surface area contributed by atoms with Gasteiger partial charge >= 0.3 is 0 Å². The van der Waals surface area contributed by atoms with E-state index in [1.807, 2.05) is 52.3 Å². The molecule has 40 heavy (non-hydrogen) atoms. The van der Waals surface area contributed by atoms with Gasteiger partial charge in [0.25, 0.3) is 5.91 Å². The van der Waals surface area contributed by atoms with Gasteiger partial charge in [0.1, 0.15) is 5.75 Å². The minimum atomic E-state index is -0.222. The van der Waals surface area contributed by atoms with E-state index in [1.54, 1.807) is 19.5 Å². The molecule has 3 aliphatic rings. The number of methoxy groups -OCH3 is 1. The van der Waals surface area contributed by atoms with Crippen molar-refractivity contribution in [3.05, 3.63) is 95.8 Å². The Kier molecular flexibility index (Phi) is 7.57. The number of pyridine rings is 1. The Bertz CT molecular complexity index is 1310. The Labute approximate surface area is 236 Å². The summed E-state index contributed by atoms with van der Waals surface area (Å²) in [5.74, 6) is 1.86. The van der Waals surface area contributed by atoms with Crippen LogP contribution in [-0.4, -0.2) is 77.9 Å². The van der Waals surface area contributed by atoms with Gasteiger partial charge in [-0.05, 0) is 73.7 Å². The first-order chi connectivity index (χ1) is 19.5. The van der Waals surface area contributed by atoms with Crippen LogP contribution in [0, 0.1) is 11.3 Å². The van der Waals surface area contributed by atoms with Crippen molar-refractivity contribution in [1.82, 2.24) is 19.7 Å². The van der Waals surface area contributed by atoms with E-state index in [-0.39, 0.29) is 11.3 Å². The van der Waals surface area contributed by atoms with Gasteiger partial charge in [-0.2, -0.15) is 0 Å². The molecule has 2 aromatic carbocycles. The standard InChI is InChI=1S/C33H38N4O3/c1-40-29-11-9-25(10-12-29)21-36-19-15-33(32(36)39)13-17-35(18-14-33)22-28-23-37(31(38)27-8-5-16-34-20-27)24-30(28)26-6-3-2-4-7-26/h2-12,16,20,28,30H,13-15,17-19,21-24H2,1H3/t28-,30+/m0/s1. The van der Waals surface area contributed by atoms with Gasteiger partial charge in [-0.1, -0.05) is 42.5 Å². The van der Waals surface area contributed by atoms with Crippen LogP contribution in [-0.2, 0) is 11.3 Å². The van der Waals surface area contributed by atoms with Gasteiger partial charge < -0.3 is 19.4 Å². The summed E-state index contributed by atoms with van der Waals surface area (Å²) < 4.78 is 5.27. The first kappa shape index (κ1) is 26.5. The van der Waals surface area contributed by atoms with Gasteiger partial charge in [0.2, 0.25) is 5.91 Å². The minimum Gasteiger partial charge on any atom is -0.497 e. The Morgan fingerprint density at radius 3 is 2.40 bits per heavy atom. The van der Waals surface area contributed by atoms with Crippen LogP contribution in [0.3, 0.4) is 0 Å². The Morgan fingerprint density at radius 1 is 0.950 bits per heavy atom. The smallest absolute Gasteiger partial charge is 0.255 e. The molecule has 0 radical (unpaired) electrons. The van der Waals surface area contributed by atoms with Gasteiger partial charge in [-0.25, -0.2) is 0 Å². The molecule has 0 aliphatic carbocycles. The number of piperidine rings is 1. The SMILES string of the molecule is COc1ccc(CN2CCC3(CCN(C[C@H]4CN(C(=O)c5cccnc5)C[C@@H]4c4ccccc4)CC3)C2=O)cc1. The Balaban J connectivity index is 1.09. The molecule has 3 saturated heterocycles. The maximum absolute atomic E-state index is 13.6. The maximum Gasteiger partial charge on any atom is 0.255 e. The highest BCUT2D eigenvalue weighted by molar-refractivity contribution is 5.94. The minimum absolute atomic E-state index is 0.0580. The van der Waals surface area contributed by atoms with Gasteiger partial charge in [-0.3, -0.25) is 14.6 Å². The molecule has 4 heterocycles.